The van der Waals surface area contributed by atoms with E-state index in [-0.39, 0.29) is 5.03 Å². The standard InChI is InChI=1S/C11H20N4O2S/c1-2-10-13-8-11(15-10)18(16,17)14-6-4-9-3-5-12-7-9/h8-9,12,14H,2-7H2,1H3,(H,13,15). The lowest BCUT2D eigenvalue weighted by Gasteiger charge is -2.08. The van der Waals surface area contributed by atoms with Gasteiger partial charge >= 0.3 is 0 Å². The Hall–Kier alpha value is -0.920. The number of aryl methyl sites for hydroxylation is 1. The number of nitrogens with one attached hydrogen (secondary N) is 3. The zero-order chi connectivity index (χ0) is 13.0. The molecule has 0 saturated carbocycles. The molecular weight excluding hydrogens is 252 g/mol. The number of aromatic amines is 1. The number of nitrogens with zero attached hydrogens (tertiary/aromatic N) is 1. The Morgan fingerprint density at radius 3 is 3.00 bits per heavy atom. The minimum Gasteiger partial charge on any atom is -0.332 e. The smallest absolute Gasteiger partial charge is 0.257 e. The highest BCUT2D eigenvalue weighted by Gasteiger charge is 2.18. The molecule has 7 heteroatoms. The van der Waals surface area contributed by atoms with Crippen LogP contribution in [0.5, 0.6) is 0 Å². The molecule has 0 bridgehead atoms. The van der Waals surface area contributed by atoms with Crippen molar-refractivity contribution >= 4 is 10.0 Å². The van der Waals surface area contributed by atoms with Crippen molar-refractivity contribution in [1.29, 1.82) is 0 Å². The molecule has 1 fully saturated rings. The van der Waals surface area contributed by atoms with Gasteiger partial charge in [-0.1, -0.05) is 6.92 Å². The summed E-state index contributed by atoms with van der Waals surface area (Å²) in [6.07, 6.45) is 4.08. The molecule has 1 aromatic rings. The zero-order valence-electron chi connectivity index (χ0n) is 10.6. The van der Waals surface area contributed by atoms with Gasteiger partial charge in [-0.2, -0.15) is 0 Å². The Bertz CT molecular complexity index is 477. The first-order valence-electron chi connectivity index (χ1n) is 6.36. The van der Waals surface area contributed by atoms with E-state index in [4.69, 9.17) is 0 Å². The van der Waals surface area contributed by atoms with Crippen LogP contribution in [0, 0.1) is 5.92 Å². The number of imidazole rings is 1. The maximum Gasteiger partial charge on any atom is 0.257 e. The van der Waals surface area contributed by atoms with Gasteiger partial charge in [-0.15, -0.1) is 0 Å². The van der Waals surface area contributed by atoms with E-state index < -0.39 is 10.0 Å². The van der Waals surface area contributed by atoms with E-state index >= 15 is 0 Å². The van der Waals surface area contributed by atoms with Crippen LogP contribution in [0.2, 0.25) is 0 Å². The third kappa shape index (κ3) is 3.30. The van der Waals surface area contributed by atoms with Crippen LogP contribution in [0.4, 0.5) is 0 Å². The SMILES string of the molecule is CCc1ncc(S(=O)(=O)NCCC2CCNC2)[nH]1. The van der Waals surface area contributed by atoms with E-state index in [1.807, 2.05) is 6.92 Å². The van der Waals surface area contributed by atoms with Crippen LogP contribution in [0.25, 0.3) is 0 Å². The highest BCUT2D eigenvalue weighted by molar-refractivity contribution is 7.89. The summed E-state index contributed by atoms with van der Waals surface area (Å²) in [4.78, 5) is 6.81. The normalized spacial score (nSPS) is 20.4. The maximum absolute atomic E-state index is 11.9. The molecule has 0 spiro atoms. The molecular formula is C11H20N4O2S. The molecule has 0 radical (unpaired) electrons. The summed E-state index contributed by atoms with van der Waals surface area (Å²) >= 11 is 0. The Labute approximate surface area is 108 Å². The number of aromatic nitrogens is 2. The van der Waals surface area contributed by atoms with E-state index in [0.717, 1.165) is 25.9 Å². The van der Waals surface area contributed by atoms with Gasteiger partial charge in [0.25, 0.3) is 10.0 Å². The lowest BCUT2D eigenvalue weighted by Crippen LogP contribution is -2.27. The third-order valence-corrected chi connectivity index (χ3v) is 4.61. The Kier molecular flexibility index (Phi) is 4.36. The number of rotatable bonds is 6. The largest absolute Gasteiger partial charge is 0.332 e. The van der Waals surface area contributed by atoms with Gasteiger partial charge in [0.15, 0.2) is 5.03 Å². The summed E-state index contributed by atoms with van der Waals surface area (Å²) in [5.74, 6) is 1.27. The average Bonchev–Trinajstić information content (AvgIpc) is 2.99. The van der Waals surface area contributed by atoms with Gasteiger partial charge in [0.05, 0.1) is 6.20 Å². The van der Waals surface area contributed by atoms with Crippen LogP contribution >= 0.6 is 0 Å². The molecule has 6 nitrogen and oxygen atoms in total. The number of H-pyrrole nitrogens is 1. The van der Waals surface area contributed by atoms with Crippen LogP contribution in [0.3, 0.4) is 0 Å². The van der Waals surface area contributed by atoms with Crippen LogP contribution in [-0.4, -0.2) is 38.0 Å². The first kappa shape index (κ1) is 13.5. The summed E-state index contributed by atoms with van der Waals surface area (Å²) in [5, 5.41) is 3.43. The predicted octanol–water partition coefficient (Wildman–Crippen LogP) is 0.250. The molecule has 1 aromatic heterocycles. The van der Waals surface area contributed by atoms with Crippen molar-refractivity contribution in [2.45, 2.75) is 31.2 Å². The Morgan fingerprint density at radius 1 is 1.56 bits per heavy atom. The first-order valence-corrected chi connectivity index (χ1v) is 7.84. The molecule has 0 aromatic carbocycles. The van der Waals surface area contributed by atoms with Crippen molar-refractivity contribution in [1.82, 2.24) is 20.0 Å². The van der Waals surface area contributed by atoms with Gasteiger partial charge in [-0.05, 0) is 31.8 Å². The summed E-state index contributed by atoms with van der Waals surface area (Å²) < 4.78 is 26.5. The van der Waals surface area contributed by atoms with Crippen LogP contribution in [0.15, 0.2) is 11.2 Å². The second kappa shape index (κ2) is 5.81. The van der Waals surface area contributed by atoms with Crippen molar-refractivity contribution in [2.24, 2.45) is 5.92 Å². The monoisotopic (exact) mass is 272 g/mol. The molecule has 1 unspecified atom stereocenters. The fourth-order valence-corrected chi connectivity index (χ4v) is 3.08. The number of sulfonamides is 1. The van der Waals surface area contributed by atoms with Gasteiger partial charge in [-0.25, -0.2) is 18.1 Å². The lowest BCUT2D eigenvalue weighted by atomic mass is 10.1. The summed E-state index contributed by atoms with van der Waals surface area (Å²) in [5.41, 5.74) is 0. The molecule has 3 N–H and O–H groups in total. The molecule has 1 aliphatic rings. The molecule has 102 valence electrons. The molecule has 2 heterocycles. The van der Waals surface area contributed by atoms with Gasteiger partial charge in [-0.3, -0.25) is 0 Å². The van der Waals surface area contributed by atoms with Crippen LogP contribution in [0.1, 0.15) is 25.6 Å². The molecule has 18 heavy (non-hydrogen) atoms. The van der Waals surface area contributed by atoms with Gasteiger partial charge in [0.2, 0.25) is 0 Å². The van der Waals surface area contributed by atoms with Crippen molar-refractivity contribution in [3.05, 3.63) is 12.0 Å². The minimum atomic E-state index is -3.43. The van der Waals surface area contributed by atoms with Crippen molar-refractivity contribution in [3.8, 4) is 0 Å². The van der Waals surface area contributed by atoms with Crippen LogP contribution < -0.4 is 10.0 Å². The third-order valence-electron chi connectivity index (χ3n) is 3.24. The predicted molar refractivity (Wildman–Crippen MR) is 68.7 cm³/mol. The first-order chi connectivity index (χ1) is 8.62. The molecule has 2 rings (SSSR count). The van der Waals surface area contributed by atoms with Crippen LogP contribution in [-0.2, 0) is 16.4 Å². The molecule has 0 amide bonds. The quantitative estimate of drug-likeness (QED) is 0.693. The van der Waals surface area contributed by atoms with Gasteiger partial charge in [0, 0.05) is 13.0 Å². The van der Waals surface area contributed by atoms with E-state index in [1.54, 1.807) is 0 Å². The van der Waals surface area contributed by atoms with E-state index in [2.05, 4.69) is 20.0 Å². The van der Waals surface area contributed by atoms with E-state index in [9.17, 15) is 8.42 Å². The molecule has 1 atom stereocenters. The fourth-order valence-electron chi connectivity index (χ4n) is 2.10. The lowest BCUT2D eigenvalue weighted by molar-refractivity contribution is 0.518. The minimum absolute atomic E-state index is 0.156. The second-order valence-electron chi connectivity index (χ2n) is 4.59. The fraction of sp³-hybridized carbons (Fsp3) is 0.727. The molecule has 1 saturated heterocycles. The summed E-state index contributed by atoms with van der Waals surface area (Å²) in [6, 6.07) is 0. The average molecular weight is 272 g/mol. The Morgan fingerprint density at radius 2 is 2.39 bits per heavy atom. The maximum atomic E-state index is 11.9. The van der Waals surface area contributed by atoms with Gasteiger partial charge in [0.1, 0.15) is 5.82 Å². The number of hydrogen-bond acceptors (Lipinski definition) is 4. The Balaban J connectivity index is 1.86. The van der Waals surface area contributed by atoms with Gasteiger partial charge < -0.3 is 10.3 Å². The van der Waals surface area contributed by atoms with E-state index in [0.29, 0.717) is 24.7 Å². The zero-order valence-corrected chi connectivity index (χ0v) is 11.4. The second-order valence-corrected chi connectivity index (χ2v) is 6.33. The van der Waals surface area contributed by atoms with Crippen molar-refractivity contribution < 1.29 is 8.42 Å². The van der Waals surface area contributed by atoms with Crippen molar-refractivity contribution in [2.75, 3.05) is 19.6 Å². The molecule has 1 aliphatic heterocycles. The number of hydrogen-bond donors (Lipinski definition) is 3. The molecule has 0 aliphatic carbocycles. The highest BCUT2D eigenvalue weighted by atomic mass is 32.2. The highest BCUT2D eigenvalue weighted by Crippen LogP contribution is 2.12. The summed E-state index contributed by atoms with van der Waals surface area (Å²) in [7, 11) is -3.43. The topological polar surface area (TPSA) is 86.9 Å². The van der Waals surface area contributed by atoms with E-state index in [1.165, 1.54) is 6.20 Å². The van der Waals surface area contributed by atoms with Crippen molar-refractivity contribution in [3.63, 3.8) is 0 Å². The summed E-state index contributed by atoms with van der Waals surface area (Å²) in [6.45, 7) is 4.44.